The average Bonchev–Trinajstić information content (AvgIpc) is 2.21. The van der Waals surface area contributed by atoms with E-state index in [0.717, 1.165) is 0 Å². The smallest absolute Gasteiger partial charge is 0.308 e. The number of hydrogen-bond donors (Lipinski definition) is 0. The second-order valence-corrected chi connectivity index (χ2v) is 7.06. The molecule has 0 aromatic rings. The summed E-state index contributed by atoms with van der Waals surface area (Å²) in [7, 11) is -2.28. The van der Waals surface area contributed by atoms with E-state index in [2.05, 4.69) is 4.74 Å². The molecule has 6 heteroatoms. The van der Waals surface area contributed by atoms with Gasteiger partial charge in [-0.15, -0.1) is 0 Å². The maximum atomic E-state index is 11.5. The van der Waals surface area contributed by atoms with Gasteiger partial charge in [0.2, 0.25) is 0 Å². The van der Waals surface area contributed by atoms with Crippen molar-refractivity contribution < 1.29 is 22.1 Å². The van der Waals surface area contributed by atoms with Crippen LogP contribution < -0.4 is 0 Å². The lowest BCUT2D eigenvalue weighted by Crippen LogP contribution is -2.22. The van der Waals surface area contributed by atoms with Crippen molar-refractivity contribution in [1.29, 1.82) is 0 Å². The van der Waals surface area contributed by atoms with Crippen LogP contribution in [0.15, 0.2) is 0 Å². The Hall–Kier alpha value is -0.620. The van der Waals surface area contributed by atoms with Crippen LogP contribution in [-0.2, 0) is 23.8 Å². The van der Waals surface area contributed by atoms with Crippen molar-refractivity contribution in [2.24, 2.45) is 11.3 Å². The fourth-order valence-electron chi connectivity index (χ4n) is 0.966. The Bertz CT molecular complexity index is 339. The minimum Gasteiger partial charge on any atom is -0.469 e. The minimum absolute atomic E-state index is 0.141. The van der Waals surface area contributed by atoms with E-state index < -0.39 is 22.0 Å². The molecule has 0 spiro atoms. The molecule has 1 unspecified atom stereocenters. The van der Waals surface area contributed by atoms with Crippen molar-refractivity contribution in [3.63, 3.8) is 0 Å². The van der Waals surface area contributed by atoms with Crippen LogP contribution in [0.4, 0.5) is 0 Å². The maximum absolute atomic E-state index is 11.5. The normalized spacial score (nSPS) is 14.4. The van der Waals surface area contributed by atoms with Gasteiger partial charge in [0, 0.05) is 0 Å². The monoisotopic (exact) mass is 266 g/mol. The fourth-order valence-corrected chi connectivity index (χ4v) is 2.26. The van der Waals surface area contributed by atoms with Gasteiger partial charge in [-0.3, -0.25) is 8.98 Å². The van der Waals surface area contributed by atoms with Crippen LogP contribution in [0, 0.1) is 11.3 Å². The first-order chi connectivity index (χ1) is 7.57. The molecule has 0 rings (SSSR count). The highest BCUT2D eigenvalue weighted by Gasteiger charge is 2.21. The van der Waals surface area contributed by atoms with E-state index in [4.69, 9.17) is 4.18 Å². The maximum Gasteiger partial charge on any atom is 0.308 e. The van der Waals surface area contributed by atoms with Gasteiger partial charge < -0.3 is 4.74 Å². The number of esters is 1. The third-order valence-corrected chi connectivity index (χ3v) is 3.29. The molecular formula is C11H22O5S. The number of ether oxygens (including phenoxy) is 1. The first-order valence-electron chi connectivity index (χ1n) is 5.52. The minimum atomic E-state index is -3.56. The van der Waals surface area contributed by atoms with Crippen molar-refractivity contribution in [2.45, 2.75) is 34.1 Å². The summed E-state index contributed by atoms with van der Waals surface area (Å²) in [5.41, 5.74) is -0.207. The SMILES string of the molecule is COC(=O)C(C)CCS(=O)(=O)OCC(C)(C)C. The number of rotatable bonds is 6. The molecule has 1 atom stereocenters. The van der Waals surface area contributed by atoms with E-state index in [9.17, 15) is 13.2 Å². The van der Waals surface area contributed by atoms with Gasteiger partial charge in [-0.05, 0) is 11.8 Å². The Kier molecular flexibility index (Phi) is 6.12. The molecule has 102 valence electrons. The van der Waals surface area contributed by atoms with E-state index >= 15 is 0 Å². The summed E-state index contributed by atoms with van der Waals surface area (Å²) in [5, 5.41) is 0. The van der Waals surface area contributed by atoms with Crippen molar-refractivity contribution in [1.82, 2.24) is 0 Å². The summed E-state index contributed by atoms with van der Waals surface area (Å²) in [6, 6.07) is 0. The van der Waals surface area contributed by atoms with E-state index in [-0.39, 0.29) is 24.2 Å². The van der Waals surface area contributed by atoms with Gasteiger partial charge >= 0.3 is 5.97 Å². The standard InChI is InChI=1S/C11H22O5S/c1-9(10(12)15-5)6-7-17(13,14)16-8-11(2,3)4/h9H,6-8H2,1-5H3. The molecule has 5 nitrogen and oxygen atoms in total. The summed E-state index contributed by atoms with van der Waals surface area (Å²) in [5.74, 6) is -1.01. The molecule has 0 aliphatic heterocycles. The first kappa shape index (κ1) is 16.4. The Balaban J connectivity index is 4.15. The number of carbonyl (C=O) groups is 1. The first-order valence-corrected chi connectivity index (χ1v) is 7.10. The van der Waals surface area contributed by atoms with Crippen LogP contribution >= 0.6 is 0 Å². The Morgan fingerprint density at radius 3 is 2.24 bits per heavy atom. The Morgan fingerprint density at radius 2 is 1.82 bits per heavy atom. The molecule has 0 aliphatic carbocycles. The zero-order valence-electron chi connectivity index (χ0n) is 11.1. The quantitative estimate of drug-likeness (QED) is 0.539. The van der Waals surface area contributed by atoms with Crippen molar-refractivity contribution >= 4 is 16.1 Å². The lowest BCUT2D eigenvalue weighted by molar-refractivity contribution is -0.144. The molecule has 0 fully saturated rings. The second-order valence-electron chi connectivity index (χ2n) is 5.30. The van der Waals surface area contributed by atoms with E-state index in [1.807, 2.05) is 20.8 Å². The van der Waals surface area contributed by atoms with Crippen LogP contribution in [0.2, 0.25) is 0 Å². The molecule has 0 saturated heterocycles. The summed E-state index contributed by atoms with van der Waals surface area (Å²) in [6.45, 7) is 7.44. The average molecular weight is 266 g/mol. The molecule has 0 radical (unpaired) electrons. The van der Waals surface area contributed by atoms with E-state index in [0.29, 0.717) is 0 Å². The highest BCUT2D eigenvalue weighted by molar-refractivity contribution is 7.86. The highest BCUT2D eigenvalue weighted by Crippen LogP contribution is 2.16. The lowest BCUT2D eigenvalue weighted by Gasteiger charge is -2.18. The van der Waals surface area contributed by atoms with E-state index in [1.54, 1.807) is 6.92 Å². The summed E-state index contributed by atoms with van der Waals surface area (Å²) in [6.07, 6.45) is 0.207. The van der Waals surface area contributed by atoms with Gasteiger partial charge in [-0.1, -0.05) is 27.7 Å². The summed E-state index contributed by atoms with van der Waals surface area (Å²) < 4.78 is 32.4. The molecule has 0 N–H and O–H groups in total. The van der Waals surface area contributed by atoms with Crippen molar-refractivity contribution in [3.05, 3.63) is 0 Å². The molecule has 0 amide bonds. The molecule has 17 heavy (non-hydrogen) atoms. The van der Waals surface area contributed by atoms with Gasteiger partial charge in [-0.25, -0.2) is 0 Å². The molecule has 0 aromatic carbocycles. The summed E-state index contributed by atoms with van der Waals surface area (Å²) >= 11 is 0. The molecule has 0 aromatic heterocycles. The van der Waals surface area contributed by atoms with Crippen LogP contribution in [0.5, 0.6) is 0 Å². The van der Waals surface area contributed by atoms with Crippen molar-refractivity contribution in [3.8, 4) is 0 Å². The van der Waals surface area contributed by atoms with E-state index in [1.165, 1.54) is 7.11 Å². The highest BCUT2D eigenvalue weighted by atomic mass is 32.2. The molecular weight excluding hydrogens is 244 g/mol. The van der Waals surface area contributed by atoms with Gasteiger partial charge in [0.15, 0.2) is 0 Å². The summed E-state index contributed by atoms with van der Waals surface area (Å²) in [4.78, 5) is 11.1. The second kappa shape index (κ2) is 6.35. The lowest BCUT2D eigenvalue weighted by atomic mass is 9.99. The van der Waals surface area contributed by atoms with Crippen LogP contribution in [-0.4, -0.2) is 33.9 Å². The molecule has 0 saturated carbocycles. The third-order valence-electron chi connectivity index (χ3n) is 2.08. The Morgan fingerprint density at radius 1 is 1.29 bits per heavy atom. The number of hydrogen-bond acceptors (Lipinski definition) is 5. The van der Waals surface area contributed by atoms with Crippen LogP contribution in [0.25, 0.3) is 0 Å². The van der Waals surface area contributed by atoms with Gasteiger partial charge in [-0.2, -0.15) is 8.42 Å². The largest absolute Gasteiger partial charge is 0.469 e. The predicted molar refractivity (Wildman–Crippen MR) is 65.0 cm³/mol. The van der Waals surface area contributed by atoms with Gasteiger partial charge in [0.1, 0.15) is 0 Å². The molecule has 0 bridgehead atoms. The predicted octanol–water partition coefficient (Wildman–Crippen LogP) is 1.58. The molecule has 0 heterocycles. The third kappa shape index (κ3) is 8.15. The van der Waals surface area contributed by atoms with Gasteiger partial charge in [0.25, 0.3) is 10.1 Å². The van der Waals surface area contributed by atoms with Crippen molar-refractivity contribution in [2.75, 3.05) is 19.5 Å². The number of methoxy groups -OCH3 is 1. The van der Waals surface area contributed by atoms with Crippen LogP contribution in [0.3, 0.4) is 0 Å². The molecule has 0 aliphatic rings. The zero-order valence-corrected chi connectivity index (χ0v) is 12.0. The fraction of sp³-hybridized carbons (Fsp3) is 0.909. The number of carbonyl (C=O) groups excluding carboxylic acids is 1. The Labute approximate surface area is 104 Å². The van der Waals surface area contributed by atoms with Crippen LogP contribution in [0.1, 0.15) is 34.1 Å². The van der Waals surface area contributed by atoms with Gasteiger partial charge in [0.05, 0.1) is 25.4 Å². The topological polar surface area (TPSA) is 69.7 Å². The zero-order chi connectivity index (χ0) is 13.7.